The van der Waals surface area contributed by atoms with Crippen LogP contribution in [0.3, 0.4) is 0 Å². The lowest BCUT2D eigenvalue weighted by Gasteiger charge is -2.49. The first kappa shape index (κ1) is 13.0. The number of hydrogen-bond acceptors (Lipinski definition) is 1. The van der Waals surface area contributed by atoms with Gasteiger partial charge >= 0.3 is 0 Å². The maximum atomic E-state index is 2.66. The van der Waals surface area contributed by atoms with E-state index >= 15 is 0 Å². The molecule has 1 nitrogen and oxygen atoms in total. The van der Waals surface area contributed by atoms with Gasteiger partial charge in [0.15, 0.2) is 0 Å². The maximum Gasteiger partial charge on any atom is 0.00981 e. The molecule has 1 heteroatoms. The normalized spacial score (nSPS) is 34.8. The number of nitrogens with zero attached hydrogens (tertiary/aromatic N) is 1. The predicted octanol–water partition coefficient (Wildman–Crippen LogP) is 3.79. The van der Waals surface area contributed by atoms with Crippen LogP contribution in [0.25, 0.3) is 0 Å². The lowest BCUT2D eigenvalue weighted by Crippen LogP contribution is -2.51. The van der Waals surface area contributed by atoms with Gasteiger partial charge in [0, 0.05) is 12.1 Å². The summed E-state index contributed by atoms with van der Waals surface area (Å²) in [4.78, 5) is 2.66. The van der Waals surface area contributed by atoms with Crippen LogP contribution in [0.5, 0.6) is 0 Å². The Kier molecular flexibility index (Phi) is 3.86. The van der Waals surface area contributed by atoms with E-state index in [0.29, 0.717) is 11.5 Å². The molecular formula is C14H29N. The van der Waals surface area contributed by atoms with E-state index in [-0.39, 0.29) is 0 Å². The van der Waals surface area contributed by atoms with Gasteiger partial charge in [-0.3, -0.25) is 4.90 Å². The van der Waals surface area contributed by atoms with E-state index in [1.807, 2.05) is 0 Å². The summed E-state index contributed by atoms with van der Waals surface area (Å²) in [7, 11) is 0. The molecule has 0 amide bonds. The average molecular weight is 211 g/mol. The van der Waals surface area contributed by atoms with Gasteiger partial charge in [-0.15, -0.1) is 0 Å². The van der Waals surface area contributed by atoms with Gasteiger partial charge in [0.05, 0.1) is 0 Å². The molecule has 1 aliphatic heterocycles. The molecule has 0 aromatic heterocycles. The van der Waals surface area contributed by atoms with Gasteiger partial charge in [0.1, 0.15) is 0 Å². The van der Waals surface area contributed by atoms with Crippen LogP contribution in [-0.4, -0.2) is 23.5 Å². The lowest BCUT2D eigenvalue weighted by atomic mass is 9.67. The van der Waals surface area contributed by atoms with Crippen LogP contribution in [0.2, 0.25) is 0 Å². The second-order valence-electron chi connectivity index (χ2n) is 6.69. The van der Waals surface area contributed by atoms with Crippen LogP contribution in [0.4, 0.5) is 0 Å². The summed E-state index contributed by atoms with van der Waals surface area (Å²) in [5.74, 6) is 1.70. The maximum absolute atomic E-state index is 2.66. The van der Waals surface area contributed by atoms with Crippen molar-refractivity contribution in [2.75, 3.05) is 6.54 Å². The summed E-state index contributed by atoms with van der Waals surface area (Å²) in [5, 5.41) is 0. The Balaban J connectivity index is 2.73. The first-order valence-electron chi connectivity index (χ1n) is 6.51. The number of piperidine rings is 1. The molecule has 1 heterocycles. The van der Waals surface area contributed by atoms with Gasteiger partial charge in [-0.05, 0) is 51.0 Å². The van der Waals surface area contributed by atoms with E-state index in [1.54, 1.807) is 0 Å². The van der Waals surface area contributed by atoms with Crippen molar-refractivity contribution in [3.63, 3.8) is 0 Å². The van der Waals surface area contributed by atoms with Crippen molar-refractivity contribution >= 4 is 0 Å². The first-order valence-corrected chi connectivity index (χ1v) is 6.51. The van der Waals surface area contributed by atoms with Crippen molar-refractivity contribution in [1.29, 1.82) is 0 Å². The second kappa shape index (κ2) is 4.45. The fourth-order valence-electron chi connectivity index (χ4n) is 3.34. The molecule has 0 aromatic carbocycles. The fraction of sp³-hybridized carbons (Fsp3) is 1.00. The Morgan fingerprint density at radius 2 is 1.67 bits per heavy atom. The fourth-order valence-corrected chi connectivity index (χ4v) is 3.34. The topological polar surface area (TPSA) is 3.24 Å². The highest BCUT2D eigenvalue weighted by Crippen LogP contribution is 2.41. The summed E-state index contributed by atoms with van der Waals surface area (Å²) in [5.41, 5.74) is 0.469. The van der Waals surface area contributed by atoms with Gasteiger partial charge in [0.25, 0.3) is 0 Å². The van der Waals surface area contributed by atoms with E-state index in [1.165, 1.54) is 13.0 Å². The molecule has 0 aromatic rings. The van der Waals surface area contributed by atoms with E-state index in [4.69, 9.17) is 0 Å². The lowest BCUT2D eigenvalue weighted by molar-refractivity contribution is 0.000128. The van der Waals surface area contributed by atoms with Gasteiger partial charge in [0.2, 0.25) is 0 Å². The van der Waals surface area contributed by atoms with Crippen molar-refractivity contribution in [2.45, 2.75) is 67.0 Å². The highest BCUT2D eigenvalue weighted by molar-refractivity contribution is 4.90. The molecule has 0 spiro atoms. The standard InChI is InChI=1S/C14H29N/c1-10(2)15-9-8-13(14(5,6)7)11(3)12(15)4/h10-13H,8-9H2,1-7H3. The third-order valence-electron chi connectivity index (χ3n) is 4.39. The third-order valence-corrected chi connectivity index (χ3v) is 4.39. The van der Waals surface area contributed by atoms with Crippen molar-refractivity contribution < 1.29 is 0 Å². The molecule has 1 fully saturated rings. The monoisotopic (exact) mass is 211 g/mol. The van der Waals surface area contributed by atoms with Gasteiger partial charge < -0.3 is 0 Å². The predicted molar refractivity (Wildman–Crippen MR) is 68.0 cm³/mol. The molecule has 3 unspecified atom stereocenters. The van der Waals surface area contributed by atoms with E-state index in [0.717, 1.165) is 17.9 Å². The Morgan fingerprint density at radius 3 is 2.07 bits per heavy atom. The van der Waals surface area contributed by atoms with Gasteiger partial charge in [-0.25, -0.2) is 0 Å². The van der Waals surface area contributed by atoms with Crippen LogP contribution in [0.1, 0.15) is 54.9 Å². The summed E-state index contributed by atoms with van der Waals surface area (Å²) >= 11 is 0. The minimum Gasteiger partial charge on any atom is -0.298 e. The minimum absolute atomic E-state index is 0.469. The van der Waals surface area contributed by atoms with E-state index in [2.05, 4.69) is 53.4 Å². The van der Waals surface area contributed by atoms with Crippen LogP contribution in [0.15, 0.2) is 0 Å². The number of rotatable bonds is 1. The summed E-state index contributed by atoms with van der Waals surface area (Å²) < 4.78 is 0. The van der Waals surface area contributed by atoms with Crippen LogP contribution >= 0.6 is 0 Å². The molecule has 0 N–H and O–H groups in total. The van der Waals surface area contributed by atoms with Crippen molar-refractivity contribution in [1.82, 2.24) is 4.90 Å². The third kappa shape index (κ3) is 2.75. The number of likely N-dealkylation sites (tertiary alicyclic amines) is 1. The van der Waals surface area contributed by atoms with Gasteiger partial charge in [-0.1, -0.05) is 27.7 Å². The minimum atomic E-state index is 0.469. The molecular weight excluding hydrogens is 182 g/mol. The zero-order valence-electron chi connectivity index (χ0n) is 11.7. The average Bonchev–Trinajstić information content (AvgIpc) is 2.06. The Bertz CT molecular complexity index is 202. The van der Waals surface area contributed by atoms with E-state index in [9.17, 15) is 0 Å². The molecule has 3 atom stereocenters. The molecule has 1 rings (SSSR count). The van der Waals surface area contributed by atoms with Crippen molar-refractivity contribution in [3.05, 3.63) is 0 Å². The first-order chi connectivity index (χ1) is 6.75. The van der Waals surface area contributed by atoms with Crippen LogP contribution < -0.4 is 0 Å². The summed E-state index contributed by atoms with van der Waals surface area (Å²) in [6, 6.07) is 1.44. The zero-order chi connectivity index (χ0) is 11.8. The SMILES string of the molecule is CC1C(C)N(C(C)C)CCC1C(C)(C)C. The molecule has 0 aliphatic carbocycles. The van der Waals surface area contributed by atoms with Crippen LogP contribution in [-0.2, 0) is 0 Å². The highest BCUT2D eigenvalue weighted by Gasteiger charge is 2.38. The quantitative estimate of drug-likeness (QED) is 0.638. The largest absolute Gasteiger partial charge is 0.298 e. The van der Waals surface area contributed by atoms with E-state index < -0.39 is 0 Å². The summed E-state index contributed by atoms with van der Waals surface area (Å²) in [6.45, 7) is 18.0. The molecule has 0 radical (unpaired) electrons. The molecule has 0 saturated carbocycles. The molecule has 15 heavy (non-hydrogen) atoms. The molecule has 0 bridgehead atoms. The highest BCUT2D eigenvalue weighted by atomic mass is 15.2. The Labute approximate surface area is 96.2 Å². The molecule has 1 saturated heterocycles. The number of hydrogen-bond donors (Lipinski definition) is 0. The van der Waals surface area contributed by atoms with Crippen LogP contribution in [0, 0.1) is 17.3 Å². The zero-order valence-corrected chi connectivity index (χ0v) is 11.7. The smallest absolute Gasteiger partial charge is 0.00981 e. The van der Waals surface area contributed by atoms with Gasteiger partial charge in [-0.2, -0.15) is 0 Å². The summed E-state index contributed by atoms with van der Waals surface area (Å²) in [6.07, 6.45) is 1.37. The Morgan fingerprint density at radius 1 is 1.13 bits per heavy atom. The molecule has 90 valence electrons. The molecule has 1 aliphatic rings. The van der Waals surface area contributed by atoms with Crippen molar-refractivity contribution in [3.8, 4) is 0 Å². The second-order valence-corrected chi connectivity index (χ2v) is 6.69. The van der Waals surface area contributed by atoms with Crippen molar-refractivity contribution in [2.24, 2.45) is 17.3 Å². The Hall–Kier alpha value is -0.0400.